The number of nitrogens with one attached hydrogen (secondary N) is 1. The number of aromatic nitrogens is 3. The Hall–Kier alpha value is -3.43. The van der Waals surface area contributed by atoms with Crippen molar-refractivity contribution in [2.45, 2.75) is 5.16 Å². The highest BCUT2D eigenvalue weighted by molar-refractivity contribution is 7.99. The maximum absolute atomic E-state index is 14.0. The van der Waals surface area contributed by atoms with Crippen LogP contribution in [-0.2, 0) is 9.53 Å². The smallest absolute Gasteiger partial charge is 0.234 e. The molecular formula is C24H22FN5O2S. The van der Waals surface area contributed by atoms with E-state index in [1.165, 1.54) is 23.9 Å². The molecule has 4 aromatic rings. The number of hydrogen-bond acceptors (Lipinski definition) is 6. The molecule has 1 aliphatic heterocycles. The van der Waals surface area contributed by atoms with Crippen LogP contribution in [0.15, 0.2) is 71.9 Å². The van der Waals surface area contributed by atoms with E-state index in [4.69, 9.17) is 4.74 Å². The number of ether oxygens (including phenoxy) is 1. The molecule has 0 radical (unpaired) electrons. The lowest BCUT2D eigenvalue weighted by atomic mass is 10.1. The number of benzene rings is 3. The summed E-state index contributed by atoms with van der Waals surface area (Å²) in [5.41, 5.74) is 1.37. The second kappa shape index (κ2) is 9.60. The molecule has 3 aromatic carbocycles. The average Bonchev–Trinajstić information content (AvgIpc) is 3.28. The fourth-order valence-electron chi connectivity index (χ4n) is 3.82. The second-order valence-corrected chi connectivity index (χ2v) is 8.50. The van der Waals surface area contributed by atoms with Gasteiger partial charge in [0.25, 0.3) is 0 Å². The molecule has 0 saturated carbocycles. The molecule has 1 N–H and O–H groups in total. The Labute approximate surface area is 194 Å². The van der Waals surface area contributed by atoms with Crippen LogP contribution in [0.25, 0.3) is 16.5 Å². The van der Waals surface area contributed by atoms with Crippen LogP contribution in [0.1, 0.15) is 0 Å². The van der Waals surface area contributed by atoms with Crippen molar-refractivity contribution >= 4 is 40.1 Å². The third-order valence-corrected chi connectivity index (χ3v) is 6.30. The highest BCUT2D eigenvalue weighted by Crippen LogP contribution is 2.28. The Morgan fingerprint density at radius 1 is 1.03 bits per heavy atom. The Bertz CT molecular complexity index is 1280. The predicted octanol–water partition coefficient (Wildman–Crippen LogP) is 4.13. The lowest BCUT2D eigenvalue weighted by Crippen LogP contribution is -2.37. The predicted molar refractivity (Wildman–Crippen MR) is 128 cm³/mol. The Balaban J connectivity index is 1.37. The van der Waals surface area contributed by atoms with Crippen molar-refractivity contribution in [1.82, 2.24) is 14.8 Å². The summed E-state index contributed by atoms with van der Waals surface area (Å²) in [5, 5.41) is 14.2. The van der Waals surface area contributed by atoms with Gasteiger partial charge in [-0.1, -0.05) is 54.2 Å². The van der Waals surface area contributed by atoms with Gasteiger partial charge in [0.05, 0.1) is 24.7 Å². The first-order valence-electron chi connectivity index (χ1n) is 10.6. The summed E-state index contributed by atoms with van der Waals surface area (Å²) in [5.74, 6) is 0.248. The molecule has 9 heteroatoms. The molecule has 1 aliphatic rings. The van der Waals surface area contributed by atoms with Gasteiger partial charge in [0, 0.05) is 24.2 Å². The quantitative estimate of drug-likeness (QED) is 0.434. The van der Waals surface area contributed by atoms with Gasteiger partial charge in [-0.25, -0.2) is 4.39 Å². The maximum Gasteiger partial charge on any atom is 0.234 e. The third kappa shape index (κ3) is 4.69. The number of rotatable bonds is 6. The number of nitrogens with zero attached hydrogens (tertiary/aromatic N) is 4. The van der Waals surface area contributed by atoms with Gasteiger partial charge in [-0.2, -0.15) is 0 Å². The highest BCUT2D eigenvalue weighted by atomic mass is 32.2. The number of anilines is 2. The number of halogens is 1. The molecule has 1 saturated heterocycles. The lowest BCUT2D eigenvalue weighted by Gasteiger charge is -2.27. The highest BCUT2D eigenvalue weighted by Gasteiger charge is 2.22. The van der Waals surface area contributed by atoms with Crippen LogP contribution in [0.3, 0.4) is 0 Å². The SMILES string of the molecule is O=C(CSc1nnc(N2CCOCC2)n1-c1cccc(F)c1)Nc1cccc2ccccc12. The molecule has 0 unspecified atom stereocenters. The minimum atomic E-state index is -0.348. The molecule has 1 aromatic heterocycles. The summed E-state index contributed by atoms with van der Waals surface area (Å²) >= 11 is 1.26. The molecule has 1 fully saturated rings. The van der Waals surface area contributed by atoms with E-state index in [9.17, 15) is 9.18 Å². The van der Waals surface area contributed by atoms with Crippen molar-refractivity contribution in [3.8, 4) is 5.69 Å². The molecule has 1 amide bonds. The van der Waals surface area contributed by atoms with E-state index >= 15 is 0 Å². The van der Waals surface area contributed by atoms with Crippen LogP contribution in [0.5, 0.6) is 0 Å². The topological polar surface area (TPSA) is 72.3 Å². The fourth-order valence-corrected chi connectivity index (χ4v) is 4.56. The van der Waals surface area contributed by atoms with Gasteiger partial charge in [-0.05, 0) is 29.7 Å². The number of carbonyl (C=O) groups is 1. The standard InChI is InChI=1S/C24H22FN5O2S/c25-18-7-4-8-19(15-18)30-23(29-11-13-32-14-12-29)27-28-24(30)33-16-22(31)26-21-10-3-6-17-5-1-2-9-20(17)21/h1-10,15H,11-14,16H2,(H,26,31). The second-order valence-electron chi connectivity index (χ2n) is 7.56. The summed E-state index contributed by atoms with van der Waals surface area (Å²) in [6.07, 6.45) is 0. The number of carbonyl (C=O) groups excluding carboxylic acids is 1. The molecule has 5 rings (SSSR count). The van der Waals surface area contributed by atoms with Crippen molar-refractivity contribution in [3.63, 3.8) is 0 Å². The van der Waals surface area contributed by atoms with Crippen molar-refractivity contribution in [3.05, 3.63) is 72.5 Å². The van der Waals surface area contributed by atoms with Crippen molar-refractivity contribution in [2.24, 2.45) is 0 Å². The van der Waals surface area contributed by atoms with Crippen LogP contribution in [0.2, 0.25) is 0 Å². The molecule has 0 aliphatic carbocycles. The zero-order valence-corrected chi connectivity index (χ0v) is 18.6. The van der Waals surface area contributed by atoms with Crippen molar-refractivity contribution < 1.29 is 13.9 Å². The average molecular weight is 464 g/mol. The van der Waals surface area contributed by atoms with E-state index in [0.29, 0.717) is 43.1 Å². The third-order valence-electron chi connectivity index (χ3n) is 5.37. The molecular weight excluding hydrogens is 441 g/mol. The maximum atomic E-state index is 14.0. The zero-order chi connectivity index (χ0) is 22.6. The van der Waals surface area contributed by atoms with E-state index in [1.54, 1.807) is 16.7 Å². The van der Waals surface area contributed by atoms with Crippen molar-refractivity contribution in [1.29, 1.82) is 0 Å². The van der Waals surface area contributed by atoms with Crippen LogP contribution in [-0.4, -0.2) is 52.7 Å². The summed E-state index contributed by atoms with van der Waals surface area (Å²) in [7, 11) is 0. The zero-order valence-electron chi connectivity index (χ0n) is 17.8. The van der Waals surface area contributed by atoms with Gasteiger partial charge in [0.15, 0.2) is 5.16 Å². The summed E-state index contributed by atoms with van der Waals surface area (Å²) in [4.78, 5) is 14.8. The number of thioether (sulfide) groups is 1. The Kier molecular flexibility index (Phi) is 6.23. The first kappa shape index (κ1) is 21.4. The lowest BCUT2D eigenvalue weighted by molar-refractivity contribution is -0.113. The van der Waals surface area contributed by atoms with Gasteiger partial charge in [0.2, 0.25) is 11.9 Å². The normalized spacial score (nSPS) is 13.9. The molecule has 0 atom stereocenters. The van der Waals surface area contributed by atoms with Gasteiger partial charge in [-0.3, -0.25) is 9.36 Å². The van der Waals surface area contributed by atoms with Crippen LogP contribution < -0.4 is 10.2 Å². The molecule has 2 heterocycles. The summed E-state index contributed by atoms with van der Waals surface area (Å²) in [6.45, 7) is 2.51. The summed E-state index contributed by atoms with van der Waals surface area (Å²) in [6, 6.07) is 20.0. The van der Waals surface area contributed by atoms with Crippen LogP contribution in [0, 0.1) is 5.82 Å². The molecule has 0 bridgehead atoms. The summed E-state index contributed by atoms with van der Waals surface area (Å²) < 4.78 is 21.2. The number of amides is 1. The fraction of sp³-hybridized carbons (Fsp3) is 0.208. The first-order chi connectivity index (χ1) is 16.2. The van der Waals surface area contributed by atoms with Gasteiger partial charge in [0.1, 0.15) is 5.82 Å². The van der Waals surface area contributed by atoms with E-state index in [1.807, 2.05) is 42.5 Å². The molecule has 0 spiro atoms. The molecule has 168 valence electrons. The van der Waals surface area contributed by atoms with E-state index in [-0.39, 0.29) is 17.5 Å². The minimum absolute atomic E-state index is 0.139. The minimum Gasteiger partial charge on any atom is -0.378 e. The van der Waals surface area contributed by atoms with E-state index in [0.717, 1.165) is 16.5 Å². The van der Waals surface area contributed by atoms with Gasteiger partial charge in [-0.15, -0.1) is 10.2 Å². The monoisotopic (exact) mass is 463 g/mol. The number of hydrogen-bond donors (Lipinski definition) is 1. The van der Waals surface area contributed by atoms with E-state index in [2.05, 4.69) is 20.4 Å². The van der Waals surface area contributed by atoms with Crippen LogP contribution >= 0.6 is 11.8 Å². The molecule has 7 nitrogen and oxygen atoms in total. The Morgan fingerprint density at radius 2 is 1.82 bits per heavy atom. The number of morpholine rings is 1. The van der Waals surface area contributed by atoms with Crippen LogP contribution in [0.4, 0.5) is 16.0 Å². The van der Waals surface area contributed by atoms with Gasteiger partial charge < -0.3 is 15.0 Å². The number of fused-ring (bicyclic) bond motifs is 1. The van der Waals surface area contributed by atoms with E-state index < -0.39 is 0 Å². The Morgan fingerprint density at radius 3 is 2.67 bits per heavy atom. The molecule has 33 heavy (non-hydrogen) atoms. The largest absolute Gasteiger partial charge is 0.378 e. The first-order valence-corrected chi connectivity index (χ1v) is 11.6. The van der Waals surface area contributed by atoms with Crippen molar-refractivity contribution in [2.75, 3.05) is 42.3 Å². The van der Waals surface area contributed by atoms with Gasteiger partial charge >= 0.3 is 0 Å².